The molecule has 0 saturated carbocycles. The molecule has 2 saturated heterocycles. The first-order valence-corrected chi connectivity index (χ1v) is 5.35. The molecular formula is C11H21NO. The molecular weight excluding hydrogens is 162 g/mol. The highest BCUT2D eigenvalue weighted by molar-refractivity contribution is 4.93. The average Bonchev–Trinajstić information content (AvgIpc) is 2.00. The summed E-state index contributed by atoms with van der Waals surface area (Å²) in [6.07, 6.45) is 2.68. The van der Waals surface area contributed by atoms with Gasteiger partial charge in [0.25, 0.3) is 0 Å². The van der Waals surface area contributed by atoms with Crippen molar-refractivity contribution >= 4 is 0 Å². The van der Waals surface area contributed by atoms with Crippen molar-refractivity contribution in [1.82, 2.24) is 4.90 Å². The predicted molar refractivity (Wildman–Crippen MR) is 53.8 cm³/mol. The molecule has 0 aromatic heterocycles. The molecule has 1 spiro atoms. The molecule has 0 N–H and O–H groups in total. The van der Waals surface area contributed by atoms with E-state index >= 15 is 0 Å². The van der Waals surface area contributed by atoms with Crippen LogP contribution in [0.2, 0.25) is 0 Å². The summed E-state index contributed by atoms with van der Waals surface area (Å²) < 4.78 is 5.32. The topological polar surface area (TPSA) is 12.5 Å². The highest BCUT2D eigenvalue weighted by Crippen LogP contribution is 2.39. The van der Waals surface area contributed by atoms with Gasteiger partial charge in [0.2, 0.25) is 0 Å². The van der Waals surface area contributed by atoms with Crippen molar-refractivity contribution in [2.45, 2.75) is 39.2 Å². The van der Waals surface area contributed by atoms with Gasteiger partial charge >= 0.3 is 0 Å². The van der Waals surface area contributed by atoms with E-state index < -0.39 is 0 Å². The predicted octanol–water partition coefficient (Wildman–Crippen LogP) is 1.90. The maximum Gasteiger partial charge on any atom is 0.0545 e. The Morgan fingerprint density at radius 3 is 1.92 bits per heavy atom. The second-order valence-corrected chi connectivity index (χ2v) is 5.65. The zero-order valence-electron chi connectivity index (χ0n) is 9.10. The molecule has 0 aromatic rings. The lowest BCUT2D eigenvalue weighted by Crippen LogP contribution is -2.54. The summed E-state index contributed by atoms with van der Waals surface area (Å²) in [5.41, 5.74) is 0.938. The first-order valence-electron chi connectivity index (χ1n) is 5.35. The van der Waals surface area contributed by atoms with Crippen LogP contribution in [0.1, 0.15) is 33.6 Å². The summed E-state index contributed by atoms with van der Waals surface area (Å²) in [6.45, 7) is 11.5. The van der Waals surface area contributed by atoms with E-state index in [1.807, 2.05) is 0 Å². The highest BCUT2D eigenvalue weighted by atomic mass is 16.5. The van der Waals surface area contributed by atoms with Gasteiger partial charge in [-0.15, -0.1) is 0 Å². The number of hydrogen-bond donors (Lipinski definition) is 0. The third-order valence-corrected chi connectivity index (χ3v) is 3.59. The molecule has 2 heteroatoms. The van der Waals surface area contributed by atoms with Crippen LogP contribution in [0.3, 0.4) is 0 Å². The van der Waals surface area contributed by atoms with Crippen molar-refractivity contribution in [3.8, 4) is 0 Å². The first-order chi connectivity index (χ1) is 6.02. The molecule has 0 unspecified atom stereocenters. The molecule has 0 aliphatic carbocycles. The van der Waals surface area contributed by atoms with Gasteiger partial charge in [-0.25, -0.2) is 0 Å². The maximum absolute atomic E-state index is 5.32. The second kappa shape index (κ2) is 2.96. The standard InChI is InChI=1S/C11H21NO/c1-10(2,3)12-6-4-11(5-7-12)8-13-9-11/h4-9H2,1-3H3. The molecule has 2 fully saturated rings. The van der Waals surface area contributed by atoms with Crippen molar-refractivity contribution < 1.29 is 4.74 Å². The van der Waals surface area contributed by atoms with Crippen LogP contribution in [-0.4, -0.2) is 36.7 Å². The summed E-state index contributed by atoms with van der Waals surface area (Å²) in [4.78, 5) is 2.59. The van der Waals surface area contributed by atoms with Crippen molar-refractivity contribution in [3.05, 3.63) is 0 Å². The van der Waals surface area contributed by atoms with Crippen LogP contribution in [-0.2, 0) is 4.74 Å². The van der Waals surface area contributed by atoms with Gasteiger partial charge < -0.3 is 4.74 Å². The van der Waals surface area contributed by atoms with Gasteiger partial charge in [0, 0.05) is 11.0 Å². The zero-order valence-corrected chi connectivity index (χ0v) is 9.10. The Kier molecular flexibility index (Phi) is 2.16. The van der Waals surface area contributed by atoms with Crippen LogP contribution in [0, 0.1) is 5.41 Å². The van der Waals surface area contributed by atoms with Crippen molar-refractivity contribution in [2.75, 3.05) is 26.3 Å². The molecule has 2 nitrogen and oxygen atoms in total. The molecule has 0 amide bonds. The lowest BCUT2D eigenvalue weighted by atomic mass is 9.76. The van der Waals surface area contributed by atoms with Gasteiger partial charge in [-0.1, -0.05) is 0 Å². The normalized spacial score (nSPS) is 28.8. The summed E-state index contributed by atoms with van der Waals surface area (Å²) in [6, 6.07) is 0. The van der Waals surface area contributed by atoms with E-state index in [1.54, 1.807) is 0 Å². The Morgan fingerprint density at radius 2 is 1.62 bits per heavy atom. The largest absolute Gasteiger partial charge is 0.380 e. The minimum absolute atomic E-state index is 0.353. The monoisotopic (exact) mass is 183 g/mol. The molecule has 2 rings (SSSR count). The van der Waals surface area contributed by atoms with Gasteiger partial charge in [0.15, 0.2) is 0 Å². The quantitative estimate of drug-likeness (QED) is 0.568. The van der Waals surface area contributed by atoms with Crippen molar-refractivity contribution in [2.24, 2.45) is 5.41 Å². The minimum Gasteiger partial charge on any atom is -0.380 e. The lowest BCUT2D eigenvalue weighted by molar-refractivity contribution is -0.145. The van der Waals surface area contributed by atoms with Crippen molar-refractivity contribution in [3.63, 3.8) is 0 Å². The zero-order chi connectivity index (χ0) is 9.53. The van der Waals surface area contributed by atoms with Crippen LogP contribution in [0.15, 0.2) is 0 Å². The summed E-state index contributed by atoms with van der Waals surface area (Å²) in [5, 5.41) is 0. The van der Waals surface area contributed by atoms with Gasteiger partial charge in [0.1, 0.15) is 0 Å². The van der Waals surface area contributed by atoms with Gasteiger partial charge in [0.05, 0.1) is 13.2 Å². The molecule has 76 valence electrons. The average molecular weight is 183 g/mol. The molecule has 0 aromatic carbocycles. The molecule has 2 aliphatic heterocycles. The van der Waals surface area contributed by atoms with Crippen LogP contribution in [0.4, 0.5) is 0 Å². The van der Waals surface area contributed by atoms with Crippen LogP contribution >= 0.6 is 0 Å². The van der Waals surface area contributed by atoms with E-state index in [9.17, 15) is 0 Å². The Labute approximate surface area is 81.3 Å². The number of ether oxygens (including phenoxy) is 1. The summed E-state index contributed by atoms with van der Waals surface area (Å²) >= 11 is 0. The minimum atomic E-state index is 0.353. The number of hydrogen-bond acceptors (Lipinski definition) is 2. The first kappa shape index (κ1) is 9.47. The van der Waals surface area contributed by atoms with E-state index in [-0.39, 0.29) is 0 Å². The summed E-state index contributed by atoms with van der Waals surface area (Å²) in [5.74, 6) is 0. The fraction of sp³-hybridized carbons (Fsp3) is 1.00. The van der Waals surface area contributed by atoms with Crippen LogP contribution < -0.4 is 0 Å². The third kappa shape index (κ3) is 1.75. The number of likely N-dealkylation sites (tertiary alicyclic amines) is 1. The molecule has 2 heterocycles. The van der Waals surface area contributed by atoms with Crippen molar-refractivity contribution in [1.29, 1.82) is 0 Å². The Balaban J connectivity index is 1.89. The van der Waals surface area contributed by atoms with E-state index in [4.69, 9.17) is 4.74 Å². The molecule has 13 heavy (non-hydrogen) atoms. The fourth-order valence-corrected chi connectivity index (χ4v) is 2.33. The molecule has 0 bridgehead atoms. The molecule has 0 atom stereocenters. The third-order valence-electron chi connectivity index (χ3n) is 3.59. The van der Waals surface area contributed by atoms with Gasteiger partial charge in [-0.05, 0) is 46.7 Å². The smallest absolute Gasteiger partial charge is 0.0545 e. The molecule has 0 radical (unpaired) electrons. The van der Waals surface area contributed by atoms with Gasteiger partial charge in [-0.2, -0.15) is 0 Å². The summed E-state index contributed by atoms with van der Waals surface area (Å²) in [7, 11) is 0. The Bertz CT molecular complexity index is 181. The lowest BCUT2D eigenvalue weighted by Gasteiger charge is -2.50. The van der Waals surface area contributed by atoms with E-state index in [0.29, 0.717) is 11.0 Å². The van der Waals surface area contributed by atoms with E-state index in [2.05, 4.69) is 25.7 Å². The van der Waals surface area contributed by atoms with E-state index in [0.717, 1.165) is 13.2 Å². The maximum atomic E-state index is 5.32. The van der Waals surface area contributed by atoms with E-state index in [1.165, 1.54) is 25.9 Å². The number of piperidine rings is 1. The Hall–Kier alpha value is -0.0800. The van der Waals surface area contributed by atoms with Crippen LogP contribution in [0.25, 0.3) is 0 Å². The van der Waals surface area contributed by atoms with Gasteiger partial charge in [-0.3, -0.25) is 4.90 Å². The Morgan fingerprint density at radius 1 is 1.08 bits per heavy atom. The second-order valence-electron chi connectivity index (χ2n) is 5.65. The molecule has 2 aliphatic rings. The SMILES string of the molecule is CC(C)(C)N1CCC2(CC1)COC2. The number of nitrogens with zero attached hydrogens (tertiary/aromatic N) is 1. The highest BCUT2D eigenvalue weighted by Gasteiger charge is 2.42. The van der Waals surface area contributed by atoms with Crippen LogP contribution in [0.5, 0.6) is 0 Å². The fourth-order valence-electron chi connectivity index (χ4n) is 2.33. The number of rotatable bonds is 0.